The van der Waals surface area contributed by atoms with Crippen molar-refractivity contribution in [2.75, 3.05) is 6.58 Å². The van der Waals surface area contributed by atoms with Gasteiger partial charge in [0.05, 0.1) is 19.0 Å². The van der Waals surface area contributed by atoms with Gasteiger partial charge in [0.15, 0.2) is 12.1 Å². The first-order chi connectivity index (χ1) is 11.1. The molecule has 0 aliphatic carbocycles. The predicted octanol–water partition coefficient (Wildman–Crippen LogP) is 2.21. The van der Waals surface area contributed by atoms with Gasteiger partial charge in [0.25, 0.3) is 10.1 Å². The van der Waals surface area contributed by atoms with Gasteiger partial charge in [-0.15, -0.1) is 0 Å². The fraction of sp³-hybridized carbons (Fsp3) is 0.625. The van der Waals surface area contributed by atoms with Gasteiger partial charge in [0, 0.05) is 5.92 Å². The van der Waals surface area contributed by atoms with E-state index in [4.69, 9.17) is 19.8 Å². The first kappa shape index (κ1) is 15.5. The number of ether oxygens (including phenoxy) is 3. The zero-order valence-electron chi connectivity index (χ0n) is 14.6. The van der Waals surface area contributed by atoms with Gasteiger partial charge in [0.1, 0.15) is 6.10 Å². The molecule has 5 atom stereocenters. The predicted molar refractivity (Wildman–Crippen MR) is 82.2 cm³/mol. The first-order valence-electron chi connectivity index (χ1n) is 8.10. The Bertz CT molecular complexity index is 702. The summed E-state index contributed by atoms with van der Waals surface area (Å²) in [5.74, 6) is -0.978. The van der Waals surface area contributed by atoms with Crippen molar-refractivity contribution in [1.82, 2.24) is 0 Å². The standard InChI is InChI=1S/C16H22O6S/c1-10-5-7-12(8-6-10)23(17,18)19-9-13-11(2)14-15(20-13)22-16(3,4)21-14/h5-8,11,13-15H,9H2,1-4H3/t11?,13-,14+,15+/m1/s1/i9D/t9?,11?,13-,14+,15+. The topological polar surface area (TPSA) is 71.1 Å². The molecule has 128 valence electrons. The van der Waals surface area contributed by atoms with E-state index in [9.17, 15) is 8.42 Å². The second kappa shape index (κ2) is 5.82. The minimum Gasteiger partial charge on any atom is -0.344 e. The summed E-state index contributed by atoms with van der Waals surface area (Å²) in [6.07, 6.45) is -1.71. The third kappa shape index (κ3) is 3.44. The number of fused-ring (bicyclic) bond motifs is 1. The summed E-state index contributed by atoms with van der Waals surface area (Å²) in [6.45, 7) is 5.87. The Labute approximate surface area is 138 Å². The molecule has 2 heterocycles. The normalized spacial score (nSPS) is 34.9. The molecule has 0 N–H and O–H groups in total. The molecule has 0 spiro atoms. The molecule has 2 aliphatic heterocycles. The van der Waals surface area contributed by atoms with Crippen LogP contribution in [0.4, 0.5) is 0 Å². The summed E-state index contributed by atoms with van der Waals surface area (Å²) >= 11 is 0. The van der Waals surface area contributed by atoms with Crippen molar-refractivity contribution in [3.8, 4) is 0 Å². The third-order valence-electron chi connectivity index (χ3n) is 4.04. The molecule has 1 aromatic carbocycles. The van der Waals surface area contributed by atoms with Crippen LogP contribution in [0, 0.1) is 12.8 Å². The molecule has 2 aliphatic rings. The summed E-state index contributed by atoms with van der Waals surface area (Å²) in [6, 6.07) is 6.27. The highest BCUT2D eigenvalue weighted by Gasteiger charge is 2.53. The van der Waals surface area contributed by atoms with Crippen LogP contribution >= 0.6 is 0 Å². The van der Waals surface area contributed by atoms with Gasteiger partial charge in [-0.25, -0.2) is 0 Å². The van der Waals surface area contributed by atoms with Crippen molar-refractivity contribution in [2.45, 2.75) is 56.9 Å². The van der Waals surface area contributed by atoms with Crippen molar-refractivity contribution in [2.24, 2.45) is 5.92 Å². The zero-order valence-corrected chi connectivity index (χ0v) is 14.4. The fourth-order valence-electron chi connectivity index (χ4n) is 2.73. The Hall–Kier alpha value is -0.990. The van der Waals surface area contributed by atoms with E-state index in [1.807, 2.05) is 13.8 Å². The summed E-state index contributed by atoms with van der Waals surface area (Å²) in [7, 11) is -4.03. The molecule has 3 rings (SSSR count). The van der Waals surface area contributed by atoms with E-state index >= 15 is 0 Å². The quantitative estimate of drug-likeness (QED) is 0.781. The smallest absolute Gasteiger partial charge is 0.297 e. The number of hydrogen-bond donors (Lipinski definition) is 0. The van der Waals surface area contributed by atoms with Crippen LogP contribution in [0.5, 0.6) is 0 Å². The number of rotatable bonds is 4. The highest BCUT2D eigenvalue weighted by atomic mass is 32.2. The van der Waals surface area contributed by atoms with Gasteiger partial charge in [-0.05, 0) is 32.9 Å². The summed E-state index contributed by atoms with van der Waals surface area (Å²) < 4.78 is 54.8. The maximum absolute atomic E-state index is 12.3. The lowest BCUT2D eigenvalue weighted by atomic mass is 10.0. The summed E-state index contributed by atoms with van der Waals surface area (Å²) in [4.78, 5) is 0.0184. The van der Waals surface area contributed by atoms with Gasteiger partial charge in [-0.1, -0.05) is 24.6 Å². The van der Waals surface area contributed by atoms with Crippen LogP contribution in [0.2, 0.25) is 0 Å². The molecule has 23 heavy (non-hydrogen) atoms. The van der Waals surface area contributed by atoms with Crippen LogP contribution in [0.15, 0.2) is 29.2 Å². The van der Waals surface area contributed by atoms with E-state index in [0.717, 1.165) is 5.56 Å². The molecule has 7 heteroatoms. The van der Waals surface area contributed by atoms with Crippen molar-refractivity contribution >= 4 is 10.1 Å². The molecule has 6 nitrogen and oxygen atoms in total. The van der Waals surface area contributed by atoms with Crippen LogP contribution < -0.4 is 0 Å². The maximum atomic E-state index is 12.3. The Morgan fingerprint density at radius 3 is 2.52 bits per heavy atom. The van der Waals surface area contributed by atoms with Crippen LogP contribution in [-0.2, 0) is 28.5 Å². The van der Waals surface area contributed by atoms with E-state index in [2.05, 4.69) is 0 Å². The van der Waals surface area contributed by atoms with Crippen LogP contribution in [0.3, 0.4) is 0 Å². The molecule has 2 unspecified atom stereocenters. The van der Waals surface area contributed by atoms with E-state index < -0.39 is 34.9 Å². The summed E-state index contributed by atoms with van der Waals surface area (Å²) in [5.41, 5.74) is 0.939. The third-order valence-corrected chi connectivity index (χ3v) is 5.26. The monoisotopic (exact) mass is 343 g/mol. The van der Waals surface area contributed by atoms with Crippen molar-refractivity contribution in [1.29, 1.82) is 0 Å². The van der Waals surface area contributed by atoms with Crippen LogP contribution in [-0.4, -0.2) is 39.3 Å². The van der Waals surface area contributed by atoms with Crippen molar-refractivity contribution < 1.29 is 28.2 Å². The zero-order chi connectivity index (χ0) is 17.7. The van der Waals surface area contributed by atoms with Gasteiger partial charge in [-0.3, -0.25) is 4.18 Å². The van der Waals surface area contributed by atoms with E-state index in [0.29, 0.717) is 0 Å². The lowest BCUT2D eigenvalue weighted by Gasteiger charge is -2.23. The fourth-order valence-corrected chi connectivity index (χ4v) is 3.56. The summed E-state index contributed by atoms with van der Waals surface area (Å²) in [5, 5.41) is 0. The highest BCUT2D eigenvalue weighted by molar-refractivity contribution is 7.86. The molecule has 2 fully saturated rings. The molecule has 0 amide bonds. The molecule has 0 radical (unpaired) electrons. The van der Waals surface area contributed by atoms with E-state index in [1.54, 1.807) is 26.0 Å². The molecular weight excluding hydrogens is 320 g/mol. The Kier molecular flexibility index (Phi) is 3.93. The Morgan fingerprint density at radius 2 is 1.91 bits per heavy atom. The van der Waals surface area contributed by atoms with Crippen LogP contribution in [0.1, 0.15) is 27.7 Å². The van der Waals surface area contributed by atoms with Crippen LogP contribution in [0.25, 0.3) is 0 Å². The molecule has 0 bridgehead atoms. The van der Waals surface area contributed by atoms with Gasteiger partial charge >= 0.3 is 0 Å². The number of aryl methyl sites for hydroxylation is 1. The molecule has 0 aromatic heterocycles. The largest absolute Gasteiger partial charge is 0.344 e. The number of benzene rings is 1. The molecular formula is C16H22O6S. The SMILES string of the molecule is [2H]C(OS(=O)(=O)c1ccc(C)cc1)[C@H]1O[C@H]2OC(C)(C)O[C@H]2C1C. The maximum Gasteiger partial charge on any atom is 0.297 e. The van der Waals surface area contributed by atoms with Crippen molar-refractivity contribution in [3.05, 3.63) is 29.8 Å². The van der Waals surface area contributed by atoms with Crippen molar-refractivity contribution in [3.63, 3.8) is 0 Å². The lowest BCUT2D eigenvalue weighted by molar-refractivity contribution is -0.211. The highest BCUT2D eigenvalue weighted by Crippen LogP contribution is 2.40. The number of hydrogen-bond acceptors (Lipinski definition) is 6. The average Bonchev–Trinajstić information content (AvgIpc) is 2.92. The molecule has 2 saturated heterocycles. The van der Waals surface area contributed by atoms with E-state index in [-0.39, 0.29) is 16.9 Å². The second-order valence-electron chi connectivity index (χ2n) is 6.43. The first-order valence-corrected chi connectivity index (χ1v) is 8.93. The Morgan fingerprint density at radius 1 is 1.26 bits per heavy atom. The Balaban J connectivity index is 1.70. The molecule has 0 saturated carbocycles. The second-order valence-corrected chi connectivity index (χ2v) is 8.00. The van der Waals surface area contributed by atoms with Gasteiger partial charge < -0.3 is 14.2 Å². The molecule has 1 aromatic rings. The minimum atomic E-state index is -4.03. The van der Waals surface area contributed by atoms with Gasteiger partial charge in [0.2, 0.25) is 0 Å². The van der Waals surface area contributed by atoms with Gasteiger partial charge in [-0.2, -0.15) is 8.42 Å². The average molecular weight is 343 g/mol. The minimum absolute atomic E-state index is 0.0184. The lowest BCUT2D eigenvalue weighted by Crippen LogP contribution is -2.31. The van der Waals surface area contributed by atoms with E-state index in [1.165, 1.54) is 12.1 Å².